The first-order chi connectivity index (χ1) is 6.50. The Kier molecular flexibility index (Phi) is 3.53. The smallest absolute Gasteiger partial charge is 0.150 e. The van der Waals surface area contributed by atoms with Crippen molar-refractivity contribution in [2.75, 3.05) is 6.61 Å². The average molecular weight is 218 g/mol. The lowest BCUT2D eigenvalue weighted by Crippen LogP contribution is -2.43. The largest absolute Gasteiger partial charge is 0.394 e. The van der Waals surface area contributed by atoms with Crippen LogP contribution in [0.2, 0.25) is 5.15 Å². The van der Waals surface area contributed by atoms with Gasteiger partial charge in [-0.25, -0.2) is 4.98 Å². The molecule has 5 heteroatoms. The number of rotatable bonds is 4. The molecule has 0 fully saturated rings. The van der Waals surface area contributed by atoms with E-state index in [2.05, 4.69) is 4.98 Å². The predicted molar refractivity (Wildman–Crippen MR) is 56.3 cm³/mol. The van der Waals surface area contributed by atoms with E-state index in [1.807, 2.05) is 11.5 Å². The lowest BCUT2D eigenvalue weighted by atomic mass is 9.99. The van der Waals surface area contributed by atoms with Gasteiger partial charge in [0.1, 0.15) is 5.15 Å². The molecule has 0 saturated carbocycles. The Balaban J connectivity index is 2.89. The first-order valence-electron chi connectivity index (χ1n) is 4.59. The van der Waals surface area contributed by atoms with Crippen LogP contribution in [0.25, 0.3) is 0 Å². The summed E-state index contributed by atoms with van der Waals surface area (Å²) in [6.45, 7) is 4.53. The van der Waals surface area contributed by atoms with Gasteiger partial charge in [0.25, 0.3) is 0 Å². The van der Waals surface area contributed by atoms with Gasteiger partial charge in [-0.1, -0.05) is 11.6 Å². The number of halogens is 1. The standard InChI is InChI=1S/C9H16ClN3O/c1-3-13-6-12-8(10)7(13)4-9(2,11)5-14/h6,14H,3-5,11H2,1-2H3. The molecule has 1 heterocycles. The zero-order valence-corrected chi connectivity index (χ0v) is 9.25. The monoisotopic (exact) mass is 217 g/mol. The zero-order chi connectivity index (χ0) is 10.8. The van der Waals surface area contributed by atoms with Crippen molar-refractivity contribution in [3.8, 4) is 0 Å². The van der Waals surface area contributed by atoms with Crippen LogP contribution in [-0.2, 0) is 13.0 Å². The van der Waals surface area contributed by atoms with Crippen molar-refractivity contribution in [2.45, 2.75) is 32.4 Å². The maximum atomic E-state index is 9.05. The maximum Gasteiger partial charge on any atom is 0.150 e. The van der Waals surface area contributed by atoms with E-state index < -0.39 is 5.54 Å². The molecular weight excluding hydrogens is 202 g/mol. The van der Waals surface area contributed by atoms with E-state index in [0.717, 1.165) is 12.2 Å². The number of aromatic nitrogens is 2. The second-order valence-electron chi connectivity index (χ2n) is 3.76. The first kappa shape index (κ1) is 11.5. The Morgan fingerprint density at radius 2 is 2.36 bits per heavy atom. The Labute approximate surface area is 88.7 Å². The highest BCUT2D eigenvalue weighted by molar-refractivity contribution is 6.30. The van der Waals surface area contributed by atoms with E-state index in [-0.39, 0.29) is 6.61 Å². The number of aliphatic hydroxyl groups excluding tert-OH is 1. The van der Waals surface area contributed by atoms with E-state index in [1.165, 1.54) is 0 Å². The fourth-order valence-electron chi connectivity index (χ4n) is 1.27. The van der Waals surface area contributed by atoms with Crippen molar-refractivity contribution < 1.29 is 5.11 Å². The first-order valence-corrected chi connectivity index (χ1v) is 4.97. The van der Waals surface area contributed by atoms with Crippen LogP contribution in [0.5, 0.6) is 0 Å². The van der Waals surface area contributed by atoms with Crippen LogP contribution >= 0.6 is 11.6 Å². The molecule has 0 aromatic carbocycles. The number of hydrogen-bond donors (Lipinski definition) is 2. The molecule has 0 saturated heterocycles. The molecule has 0 aliphatic heterocycles. The Hall–Kier alpha value is -0.580. The summed E-state index contributed by atoms with van der Waals surface area (Å²) in [5.41, 5.74) is 6.09. The number of aliphatic hydroxyl groups is 1. The molecule has 1 aromatic rings. The molecule has 0 amide bonds. The highest BCUT2D eigenvalue weighted by Gasteiger charge is 2.21. The summed E-state index contributed by atoms with van der Waals surface area (Å²) in [5, 5.41) is 9.52. The summed E-state index contributed by atoms with van der Waals surface area (Å²) in [5.74, 6) is 0. The van der Waals surface area contributed by atoms with Gasteiger partial charge in [-0.05, 0) is 13.8 Å². The Morgan fingerprint density at radius 3 is 2.86 bits per heavy atom. The van der Waals surface area contributed by atoms with E-state index in [1.54, 1.807) is 13.3 Å². The maximum absolute atomic E-state index is 9.05. The molecule has 0 aliphatic carbocycles. The van der Waals surface area contributed by atoms with Crippen molar-refractivity contribution in [1.82, 2.24) is 9.55 Å². The normalized spacial score (nSPS) is 15.5. The van der Waals surface area contributed by atoms with Crippen LogP contribution in [0.4, 0.5) is 0 Å². The van der Waals surface area contributed by atoms with Gasteiger partial charge in [-0.15, -0.1) is 0 Å². The molecule has 1 aromatic heterocycles. The quantitative estimate of drug-likeness (QED) is 0.785. The van der Waals surface area contributed by atoms with Gasteiger partial charge in [-0.3, -0.25) is 0 Å². The van der Waals surface area contributed by atoms with Gasteiger partial charge in [0.15, 0.2) is 0 Å². The van der Waals surface area contributed by atoms with Crippen LogP contribution < -0.4 is 5.73 Å². The molecule has 0 bridgehead atoms. The molecular formula is C9H16ClN3O. The molecule has 0 aliphatic rings. The number of imidazole rings is 1. The number of nitrogens with two attached hydrogens (primary N) is 1. The third-order valence-corrected chi connectivity index (χ3v) is 2.48. The van der Waals surface area contributed by atoms with Crippen LogP contribution in [0.3, 0.4) is 0 Å². The molecule has 0 radical (unpaired) electrons. The highest BCUT2D eigenvalue weighted by Crippen LogP contribution is 2.18. The van der Waals surface area contributed by atoms with Crippen LogP contribution in [0, 0.1) is 0 Å². The summed E-state index contributed by atoms with van der Waals surface area (Å²) >= 11 is 5.92. The summed E-state index contributed by atoms with van der Waals surface area (Å²) in [6.07, 6.45) is 2.21. The van der Waals surface area contributed by atoms with E-state index in [9.17, 15) is 0 Å². The minimum atomic E-state index is -0.642. The van der Waals surface area contributed by atoms with Gasteiger partial charge >= 0.3 is 0 Å². The van der Waals surface area contributed by atoms with Crippen molar-refractivity contribution in [2.24, 2.45) is 5.73 Å². The molecule has 3 N–H and O–H groups in total. The van der Waals surface area contributed by atoms with Crippen LogP contribution in [0.15, 0.2) is 6.33 Å². The second-order valence-corrected chi connectivity index (χ2v) is 4.12. The minimum absolute atomic E-state index is 0.0712. The Morgan fingerprint density at radius 1 is 1.71 bits per heavy atom. The van der Waals surface area contributed by atoms with Gasteiger partial charge < -0.3 is 15.4 Å². The molecule has 1 rings (SSSR count). The molecule has 14 heavy (non-hydrogen) atoms. The van der Waals surface area contributed by atoms with Gasteiger partial charge in [0.2, 0.25) is 0 Å². The second kappa shape index (κ2) is 4.29. The van der Waals surface area contributed by atoms with Gasteiger partial charge in [0, 0.05) is 18.5 Å². The lowest BCUT2D eigenvalue weighted by Gasteiger charge is -2.22. The lowest BCUT2D eigenvalue weighted by molar-refractivity contribution is 0.206. The van der Waals surface area contributed by atoms with E-state index in [4.69, 9.17) is 22.4 Å². The number of nitrogens with zero attached hydrogens (tertiary/aromatic N) is 2. The summed E-state index contributed by atoms with van der Waals surface area (Å²) < 4.78 is 1.93. The third-order valence-electron chi connectivity index (χ3n) is 2.17. The fourth-order valence-corrected chi connectivity index (χ4v) is 1.49. The van der Waals surface area contributed by atoms with Gasteiger partial charge in [-0.2, -0.15) is 0 Å². The van der Waals surface area contributed by atoms with Crippen molar-refractivity contribution >= 4 is 11.6 Å². The molecule has 1 atom stereocenters. The van der Waals surface area contributed by atoms with Crippen molar-refractivity contribution in [1.29, 1.82) is 0 Å². The minimum Gasteiger partial charge on any atom is -0.394 e. The van der Waals surface area contributed by atoms with Crippen LogP contribution in [0.1, 0.15) is 19.5 Å². The molecule has 80 valence electrons. The number of hydrogen-bond acceptors (Lipinski definition) is 3. The fraction of sp³-hybridized carbons (Fsp3) is 0.667. The van der Waals surface area contributed by atoms with Crippen molar-refractivity contribution in [3.63, 3.8) is 0 Å². The average Bonchev–Trinajstić information content (AvgIpc) is 2.48. The summed E-state index contributed by atoms with van der Waals surface area (Å²) in [7, 11) is 0. The molecule has 4 nitrogen and oxygen atoms in total. The summed E-state index contributed by atoms with van der Waals surface area (Å²) in [6, 6.07) is 0. The third kappa shape index (κ3) is 2.47. The Bertz CT molecular complexity index is 309. The van der Waals surface area contributed by atoms with E-state index in [0.29, 0.717) is 11.6 Å². The van der Waals surface area contributed by atoms with Crippen molar-refractivity contribution in [3.05, 3.63) is 17.2 Å². The van der Waals surface area contributed by atoms with Crippen LogP contribution in [-0.4, -0.2) is 26.8 Å². The topological polar surface area (TPSA) is 64.1 Å². The van der Waals surface area contributed by atoms with E-state index >= 15 is 0 Å². The SMILES string of the molecule is CCn1cnc(Cl)c1CC(C)(N)CO. The molecule has 0 spiro atoms. The highest BCUT2D eigenvalue weighted by atomic mass is 35.5. The van der Waals surface area contributed by atoms with Gasteiger partial charge in [0.05, 0.1) is 18.6 Å². The number of aryl methyl sites for hydroxylation is 1. The zero-order valence-electron chi connectivity index (χ0n) is 8.50. The summed E-state index contributed by atoms with van der Waals surface area (Å²) in [4.78, 5) is 4.00. The predicted octanol–water partition coefficient (Wildman–Crippen LogP) is 0.809. The molecule has 1 unspecified atom stereocenters.